The van der Waals surface area contributed by atoms with Gasteiger partial charge in [-0.25, -0.2) is 13.2 Å². The van der Waals surface area contributed by atoms with Crippen LogP contribution in [0, 0.1) is 10.1 Å². The van der Waals surface area contributed by atoms with Crippen LogP contribution in [-0.4, -0.2) is 60.7 Å². The summed E-state index contributed by atoms with van der Waals surface area (Å²) >= 11 is 0. The predicted molar refractivity (Wildman–Crippen MR) is 107 cm³/mol. The molecule has 0 bridgehead atoms. The molecule has 3 N–H and O–H groups in total. The van der Waals surface area contributed by atoms with Gasteiger partial charge in [0.2, 0.25) is 10.0 Å². The Morgan fingerprint density at radius 1 is 1.03 bits per heavy atom. The second-order valence-electron chi connectivity index (χ2n) is 6.52. The maximum atomic E-state index is 12.8. The van der Waals surface area contributed by atoms with E-state index in [1.165, 1.54) is 27.4 Å². The van der Waals surface area contributed by atoms with E-state index in [4.69, 9.17) is 5.73 Å². The molecule has 12 heteroatoms. The number of amides is 3. The third kappa shape index (κ3) is 4.55. The number of piperazine rings is 1. The molecule has 1 heterocycles. The molecule has 1 fully saturated rings. The van der Waals surface area contributed by atoms with Gasteiger partial charge in [-0.3, -0.25) is 14.9 Å². The van der Waals surface area contributed by atoms with Gasteiger partial charge < -0.3 is 16.0 Å². The molecule has 0 aliphatic carbocycles. The van der Waals surface area contributed by atoms with E-state index in [2.05, 4.69) is 5.32 Å². The van der Waals surface area contributed by atoms with E-state index in [0.717, 1.165) is 6.07 Å². The Kier molecular flexibility index (Phi) is 5.99. The molecule has 0 radical (unpaired) electrons. The van der Waals surface area contributed by atoms with E-state index in [0.29, 0.717) is 11.3 Å². The highest BCUT2D eigenvalue weighted by molar-refractivity contribution is 7.89. The van der Waals surface area contributed by atoms with Crippen LogP contribution in [0.4, 0.5) is 16.2 Å². The lowest BCUT2D eigenvalue weighted by Crippen LogP contribution is -2.50. The first-order valence-corrected chi connectivity index (χ1v) is 10.3. The number of benzene rings is 2. The number of carbonyl (C=O) groups is 2. The van der Waals surface area contributed by atoms with Gasteiger partial charge in [-0.05, 0) is 30.3 Å². The summed E-state index contributed by atoms with van der Waals surface area (Å²) in [5.41, 5.74) is 5.57. The molecule has 0 unspecified atom stereocenters. The molecule has 0 saturated carbocycles. The summed E-state index contributed by atoms with van der Waals surface area (Å²) < 4.78 is 26.8. The average Bonchev–Trinajstić information content (AvgIpc) is 2.73. The summed E-state index contributed by atoms with van der Waals surface area (Å²) in [7, 11) is -3.91. The van der Waals surface area contributed by atoms with Gasteiger partial charge in [0, 0.05) is 49.6 Å². The molecule has 1 saturated heterocycles. The molecule has 0 atom stereocenters. The zero-order valence-corrected chi connectivity index (χ0v) is 16.5. The first kappa shape index (κ1) is 21.2. The normalized spacial score (nSPS) is 14.9. The number of non-ortho nitro benzene ring substituents is 1. The molecule has 3 rings (SSSR count). The van der Waals surface area contributed by atoms with Gasteiger partial charge in [0.15, 0.2) is 0 Å². The molecule has 11 nitrogen and oxygen atoms in total. The van der Waals surface area contributed by atoms with Crippen molar-refractivity contribution in [3.05, 3.63) is 64.2 Å². The fraction of sp³-hybridized carbons (Fsp3) is 0.222. The minimum absolute atomic E-state index is 0.0675. The lowest BCUT2D eigenvalue weighted by molar-refractivity contribution is -0.385. The monoisotopic (exact) mass is 433 g/mol. The van der Waals surface area contributed by atoms with Crippen LogP contribution in [0.25, 0.3) is 0 Å². The van der Waals surface area contributed by atoms with Gasteiger partial charge in [-0.1, -0.05) is 6.07 Å². The van der Waals surface area contributed by atoms with E-state index in [9.17, 15) is 28.1 Å². The first-order chi connectivity index (χ1) is 14.2. The number of rotatable bonds is 5. The van der Waals surface area contributed by atoms with Crippen LogP contribution in [0.3, 0.4) is 0 Å². The summed E-state index contributed by atoms with van der Waals surface area (Å²) in [6.45, 7) is 0.485. The van der Waals surface area contributed by atoms with E-state index >= 15 is 0 Å². The molecule has 0 aromatic heterocycles. The second kappa shape index (κ2) is 8.47. The summed E-state index contributed by atoms with van der Waals surface area (Å²) in [6, 6.07) is 10.3. The van der Waals surface area contributed by atoms with Crippen LogP contribution in [0.15, 0.2) is 53.4 Å². The quantitative estimate of drug-likeness (QED) is 0.533. The van der Waals surface area contributed by atoms with E-state index in [1.807, 2.05) is 0 Å². The number of urea groups is 1. The number of anilines is 1. The lowest BCUT2D eigenvalue weighted by Gasteiger charge is -2.34. The smallest absolute Gasteiger partial charge is 0.316 e. The molecule has 30 heavy (non-hydrogen) atoms. The fourth-order valence-electron chi connectivity index (χ4n) is 3.06. The summed E-state index contributed by atoms with van der Waals surface area (Å²) in [5, 5.41) is 13.3. The minimum Gasteiger partial charge on any atom is -0.351 e. The highest BCUT2D eigenvalue weighted by Crippen LogP contribution is 2.22. The van der Waals surface area contributed by atoms with Crippen LogP contribution in [0.5, 0.6) is 0 Å². The Morgan fingerprint density at radius 3 is 2.23 bits per heavy atom. The van der Waals surface area contributed by atoms with Crippen molar-refractivity contribution in [2.24, 2.45) is 5.73 Å². The van der Waals surface area contributed by atoms with Gasteiger partial charge >= 0.3 is 6.03 Å². The zero-order chi connectivity index (χ0) is 21.9. The summed E-state index contributed by atoms with van der Waals surface area (Å²) in [4.78, 5) is 35.1. The van der Waals surface area contributed by atoms with Crippen LogP contribution in [0.2, 0.25) is 0 Å². The molecule has 158 valence electrons. The van der Waals surface area contributed by atoms with E-state index < -0.39 is 21.0 Å². The molecule has 3 amide bonds. The third-order valence-corrected chi connectivity index (χ3v) is 6.49. The number of nitro groups is 1. The summed E-state index contributed by atoms with van der Waals surface area (Å²) in [5.74, 6) is -0.270. The average molecular weight is 433 g/mol. The fourth-order valence-corrected chi connectivity index (χ4v) is 4.52. The van der Waals surface area contributed by atoms with Gasteiger partial charge in [-0.2, -0.15) is 4.31 Å². The van der Waals surface area contributed by atoms with Crippen LogP contribution in [-0.2, 0) is 10.0 Å². The second-order valence-corrected chi connectivity index (χ2v) is 8.46. The Balaban J connectivity index is 1.66. The lowest BCUT2D eigenvalue weighted by atomic mass is 10.1. The van der Waals surface area contributed by atoms with Crippen molar-refractivity contribution in [3.63, 3.8) is 0 Å². The molecular weight excluding hydrogens is 414 g/mol. The molecule has 2 aromatic rings. The van der Waals surface area contributed by atoms with Gasteiger partial charge in [0.25, 0.3) is 11.6 Å². The Labute approximate surface area is 172 Å². The summed E-state index contributed by atoms with van der Waals surface area (Å²) in [6.07, 6.45) is 0. The SMILES string of the molecule is NC(=O)Nc1ccc(C(=O)N2CCN(S(=O)(=O)c3cccc([N+](=O)[O-])c3)CC2)cc1. The van der Waals surface area contributed by atoms with Crippen molar-refractivity contribution in [3.8, 4) is 0 Å². The van der Waals surface area contributed by atoms with Crippen molar-refractivity contribution >= 4 is 33.3 Å². The number of hydrogen-bond acceptors (Lipinski definition) is 6. The van der Waals surface area contributed by atoms with Crippen molar-refractivity contribution in [2.45, 2.75) is 4.90 Å². The van der Waals surface area contributed by atoms with Gasteiger partial charge in [0.1, 0.15) is 0 Å². The Hall–Kier alpha value is -3.51. The Morgan fingerprint density at radius 2 is 1.67 bits per heavy atom. The molecule has 1 aliphatic rings. The third-order valence-electron chi connectivity index (χ3n) is 4.59. The van der Waals surface area contributed by atoms with Crippen LogP contribution >= 0.6 is 0 Å². The van der Waals surface area contributed by atoms with Crippen LogP contribution in [0.1, 0.15) is 10.4 Å². The number of sulfonamides is 1. The van der Waals surface area contributed by atoms with Crippen LogP contribution < -0.4 is 11.1 Å². The van der Waals surface area contributed by atoms with Crippen molar-refractivity contribution in [2.75, 3.05) is 31.5 Å². The highest BCUT2D eigenvalue weighted by atomic mass is 32.2. The number of carbonyl (C=O) groups excluding carboxylic acids is 2. The standard InChI is InChI=1S/C18H19N5O6S/c19-18(25)20-14-6-4-13(5-7-14)17(24)21-8-10-22(11-9-21)30(28,29)16-3-1-2-15(12-16)23(26)27/h1-7,12H,8-11H2,(H3,19,20,25). The zero-order valence-electron chi connectivity index (χ0n) is 15.7. The highest BCUT2D eigenvalue weighted by Gasteiger charge is 2.31. The number of primary amides is 1. The number of nitrogens with zero attached hydrogens (tertiary/aromatic N) is 3. The molecule has 2 aromatic carbocycles. The predicted octanol–water partition coefficient (Wildman–Crippen LogP) is 1.23. The molecule has 1 aliphatic heterocycles. The molecule has 0 spiro atoms. The van der Waals surface area contributed by atoms with Crippen molar-refractivity contribution in [1.82, 2.24) is 9.21 Å². The first-order valence-electron chi connectivity index (χ1n) is 8.89. The van der Waals surface area contributed by atoms with Crippen molar-refractivity contribution < 1.29 is 22.9 Å². The van der Waals surface area contributed by atoms with Gasteiger partial charge in [-0.15, -0.1) is 0 Å². The van der Waals surface area contributed by atoms with E-state index in [1.54, 1.807) is 24.3 Å². The maximum absolute atomic E-state index is 12.8. The number of hydrogen-bond donors (Lipinski definition) is 2. The maximum Gasteiger partial charge on any atom is 0.316 e. The topological polar surface area (TPSA) is 156 Å². The number of nitro benzene ring substituents is 1. The number of nitrogens with two attached hydrogens (primary N) is 1. The molecular formula is C18H19N5O6S. The van der Waals surface area contributed by atoms with Gasteiger partial charge in [0.05, 0.1) is 9.82 Å². The van der Waals surface area contributed by atoms with E-state index in [-0.39, 0.29) is 42.7 Å². The Bertz CT molecular complexity index is 1080. The largest absolute Gasteiger partial charge is 0.351 e. The van der Waals surface area contributed by atoms with Crippen molar-refractivity contribution in [1.29, 1.82) is 0 Å². The number of nitrogens with one attached hydrogen (secondary N) is 1. The minimum atomic E-state index is -3.91.